The van der Waals surface area contributed by atoms with E-state index < -0.39 is 0 Å². The summed E-state index contributed by atoms with van der Waals surface area (Å²) in [6, 6.07) is 11.5. The fourth-order valence-corrected chi connectivity index (χ4v) is 3.98. The Morgan fingerprint density at radius 1 is 1.09 bits per heavy atom. The molecule has 3 heterocycles. The normalized spacial score (nSPS) is 14.2. The standard InChI is InChI=1S/C16H13BrN4OS/c1-20-8-9-21(16(22)12-6-7-13(17)23-12)15-14(20)18-10-4-2-3-5-11(10)19-15/h2-7H,8-9H2,1H3. The molecule has 0 radical (unpaired) electrons. The van der Waals surface area contributed by atoms with Crippen molar-refractivity contribution in [2.75, 3.05) is 29.9 Å². The molecule has 5 nitrogen and oxygen atoms in total. The van der Waals surface area contributed by atoms with Crippen molar-refractivity contribution in [3.8, 4) is 0 Å². The van der Waals surface area contributed by atoms with E-state index in [4.69, 9.17) is 9.97 Å². The van der Waals surface area contributed by atoms with Gasteiger partial charge in [-0.15, -0.1) is 11.3 Å². The maximum atomic E-state index is 12.8. The number of aromatic nitrogens is 2. The number of carbonyl (C=O) groups excluding carboxylic acids is 1. The molecular formula is C16H13BrN4OS. The Kier molecular flexibility index (Phi) is 3.54. The van der Waals surface area contributed by atoms with E-state index in [1.165, 1.54) is 11.3 Å². The molecule has 0 unspecified atom stereocenters. The predicted molar refractivity (Wildman–Crippen MR) is 96.5 cm³/mol. The number of hydrogen-bond acceptors (Lipinski definition) is 5. The SMILES string of the molecule is CN1CCN(C(=O)c2ccc(Br)s2)c2nc3ccccc3nc21. The lowest BCUT2D eigenvalue weighted by Crippen LogP contribution is -2.43. The monoisotopic (exact) mass is 388 g/mol. The molecule has 7 heteroatoms. The number of halogens is 1. The van der Waals surface area contributed by atoms with Gasteiger partial charge in [0.25, 0.3) is 5.91 Å². The van der Waals surface area contributed by atoms with Gasteiger partial charge in [0.2, 0.25) is 0 Å². The highest BCUT2D eigenvalue weighted by Crippen LogP contribution is 2.33. The molecule has 4 rings (SSSR count). The molecule has 2 aromatic heterocycles. The summed E-state index contributed by atoms with van der Waals surface area (Å²) in [4.78, 5) is 26.7. The second kappa shape index (κ2) is 5.58. The van der Waals surface area contributed by atoms with Gasteiger partial charge in [-0.2, -0.15) is 0 Å². The highest BCUT2D eigenvalue weighted by atomic mass is 79.9. The molecule has 0 aliphatic carbocycles. The van der Waals surface area contributed by atoms with Crippen molar-refractivity contribution in [2.45, 2.75) is 0 Å². The molecule has 0 saturated carbocycles. The predicted octanol–water partition coefficient (Wildman–Crippen LogP) is 3.55. The number of carbonyl (C=O) groups is 1. The van der Waals surface area contributed by atoms with Gasteiger partial charge in [-0.05, 0) is 40.2 Å². The number of amides is 1. The van der Waals surface area contributed by atoms with Gasteiger partial charge >= 0.3 is 0 Å². The number of thiophene rings is 1. The summed E-state index contributed by atoms with van der Waals surface area (Å²) in [5, 5.41) is 0. The van der Waals surface area contributed by atoms with Crippen LogP contribution in [0.3, 0.4) is 0 Å². The summed E-state index contributed by atoms with van der Waals surface area (Å²) in [5.74, 6) is 1.35. The van der Waals surface area contributed by atoms with E-state index in [2.05, 4.69) is 15.9 Å². The first-order chi connectivity index (χ1) is 11.1. The number of nitrogens with zero attached hydrogens (tertiary/aromatic N) is 4. The molecule has 0 spiro atoms. The topological polar surface area (TPSA) is 49.3 Å². The van der Waals surface area contributed by atoms with E-state index in [9.17, 15) is 4.79 Å². The zero-order valence-corrected chi connectivity index (χ0v) is 14.8. The third-order valence-electron chi connectivity index (χ3n) is 3.84. The molecule has 1 aliphatic rings. The molecule has 116 valence electrons. The fourth-order valence-electron chi connectivity index (χ4n) is 2.64. The van der Waals surface area contributed by atoms with Crippen LogP contribution in [0.5, 0.6) is 0 Å². The van der Waals surface area contributed by atoms with E-state index in [1.54, 1.807) is 4.90 Å². The van der Waals surface area contributed by atoms with Crippen molar-refractivity contribution < 1.29 is 4.79 Å². The van der Waals surface area contributed by atoms with Crippen molar-refractivity contribution in [1.82, 2.24) is 9.97 Å². The van der Waals surface area contributed by atoms with Crippen molar-refractivity contribution in [3.63, 3.8) is 0 Å². The third kappa shape index (κ3) is 2.49. The molecule has 3 aromatic rings. The molecule has 0 N–H and O–H groups in total. The number of likely N-dealkylation sites (N-methyl/N-ethyl adjacent to an activating group) is 1. The van der Waals surface area contributed by atoms with Crippen LogP contribution in [0.2, 0.25) is 0 Å². The van der Waals surface area contributed by atoms with Gasteiger partial charge in [-0.1, -0.05) is 12.1 Å². The van der Waals surface area contributed by atoms with Crippen molar-refractivity contribution in [2.24, 2.45) is 0 Å². The highest BCUT2D eigenvalue weighted by Gasteiger charge is 2.29. The van der Waals surface area contributed by atoms with Crippen LogP contribution in [0.25, 0.3) is 11.0 Å². The van der Waals surface area contributed by atoms with E-state index in [0.717, 1.165) is 27.2 Å². The smallest absolute Gasteiger partial charge is 0.269 e. The number of fused-ring (bicyclic) bond motifs is 2. The fraction of sp³-hybridized carbons (Fsp3) is 0.188. The average molecular weight is 389 g/mol. The summed E-state index contributed by atoms with van der Waals surface area (Å²) in [6.07, 6.45) is 0. The number of hydrogen-bond donors (Lipinski definition) is 0. The molecule has 0 atom stereocenters. The lowest BCUT2D eigenvalue weighted by atomic mass is 10.2. The van der Waals surface area contributed by atoms with Gasteiger partial charge in [-0.25, -0.2) is 9.97 Å². The second-order valence-corrected chi connectivity index (χ2v) is 7.80. The summed E-state index contributed by atoms with van der Waals surface area (Å²) in [6.45, 7) is 1.34. The minimum Gasteiger partial charge on any atom is -0.355 e. The Morgan fingerprint density at radius 2 is 1.78 bits per heavy atom. The van der Waals surface area contributed by atoms with Crippen LogP contribution in [0.1, 0.15) is 9.67 Å². The largest absolute Gasteiger partial charge is 0.355 e. The molecule has 0 bridgehead atoms. The highest BCUT2D eigenvalue weighted by molar-refractivity contribution is 9.11. The van der Waals surface area contributed by atoms with Crippen LogP contribution in [0.15, 0.2) is 40.2 Å². The van der Waals surface area contributed by atoms with Gasteiger partial charge in [0.05, 0.1) is 19.7 Å². The number of para-hydroxylation sites is 2. The van der Waals surface area contributed by atoms with E-state index >= 15 is 0 Å². The quantitative estimate of drug-likeness (QED) is 0.639. The van der Waals surface area contributed by atoms with Gasteiger partial charge in [-0.3, -0.25) is 9.69 Å². The molecule has 0 fully saturated rings. The van der Waals surface area contributed by atoms with E-state index in [0.29, 0.717) is 17.2 Å². The molecule has 1 aromatic carbocycles. The maximum absolute atomic E-state index is 12.8. The zero-order valence-electron chi connectivity index (χ0n) is 12.4. The van der Waals surface area contributed by atoms with Gasteiger partial charge in [0.1, 0.15) is 0 Å². The van der Waals surface area contributed by atoms with Gasteiger partial charge in [0.15, 0.2) is 11.6 Å². The van der Waals surface area contributed by atoms with E-state index in [1.807, 2.05) is 48.3 Å². The summed E-state index contributed by atoms with van der Waals surface area (Å²) < 4.78 is 0.944. The van der Waals surface area contributed by atoms with Gasteiger partial charge < -0.3 is 4.90 Å². The Balaban J connectivity index is 1.84. The second-order valence-electron chi connectivity index (χ2n) is 5.34. The zero-order chi connectivity index (χ0) is 16.0. The number of anilines is 2. The Hall–Kier alpha value is -1.99. The van der Waals surface area contributed by atoms with Crippen LogP contribution in [0.4, 0.5) is 11.6 Å². The van der Waals surface area contributed by atoms with Gasteiger partial charge in [0, 0.05) is 20.1 Å². The number of rotatable bonds is 1. The van der Waals surface area contributed by atoms with Crippen molar-refractivity contribution >= 4 is 55.8 Å². The lowest BCUT2D eigenvalue weighted by molar-refractivity contribution is 0.0990. The van der Waals surface area contributed by atoms with Crippen LogP contribution in [-0.2, 0) is 0 Å². The van der Waals surface area contributed by atoms with Crippen molar-refractivity contribution in [1.29, 1.82) is 0 Å². The molecule has 0 saturated heterocycles. The summed E-state index contributed by atoms with van der Waals surface area (Å²) >= 11 is 4.84. The van der Waals surface area contributed by atoms with Crippen LogP contribution in [-0.4, -0.2) is 36.0 Å². The summed E-state index contributed by atoms with van der Waals surface area (Å²) in [5.41, 5.74) is 1.64. The van der Waals surface area contributed by atoms with Crippen LogP contribution < -0.4 is 9.80 Å². The number of benzene rings is 1. The molecule has 1 aliphatic heterocycles. The Morgan fingerprint density at radius 3 is 2.43 bits per heavy atom. The third-order valence-corrected chi connectivity index (χ3v) is 5.45. The van der Waals surface area contributed by atoms with Crippen LogP contribution >= 0.6 is 27.3 Å². The van der Waals surface area contributed by atoms with E-state index in [-0.39, 0.29) is 5.91 Å². The molecule has 23 heavy (non-hydrogen) atoms. The Labute approximate surface area is 145 Å². The molecule has 1 amide bonds. The molecular weight excluding hydrogens is 376 g/mol. The first-order valence-electron chi connectivity index (χ1n) is 7.18. The first kappa shape index (κ1) is 14.6. The lowest BCUT2D eigenvalue weighted by Gasteiger charge is -2.33. The minimum absolute atomic E-state index is 0.0281. The van der Waals surface area contributed by atoms with Crippen molar-refractivity contribution in [3.05, 3.63) is 45.1 Å². The van der Waals surface area contributed by atoms with Crippen LogP contribution in [0, 0.1) is 0 Å². The first-order valence-corrected chi connectivity index (χ1v) is 8.79. The minimum atomic E-state index is -0.0281. The Bertz CT molecular complexity index is 910. The maximum Gasteiger partial charge on any atom is 0.269 e. The average Bonchev–Trinajstić information content (AvgIpc) is 3.00. The summed E-state index contributed by atoms with van der Waals surface area (Å²) in [7, 11) is 1.98.